The number of halogens is 2. The van der Waals surface area contributed by atoms with Crippen LogP contribution in [0, 0.1) is 11.6 Å². The molecule has 4 heteroatoms. The molecular formula is C9H9BF2O. The minimum atomic E-state index is -0.758. The lowest BCUT2D eigenvalue weighted by atomic mass is 9.96. The molecule has 1 aromatic carbocycles. The van der Waals surface area contributed by atoms with Crippen molar-refractivity contribution in [1.29, 1.82) is 0 Å². The maximum Gasteiger partial charge on any atom is 0.190 e. The molecule has 0 fully saturated rings. The van der Waals surface area contributed by atoms with E-state index in [2.05, 4.69) is 0 Å². The van der Waals surface area contributed by atoms with E-state index in [0.717, 1.165) is 12.1 Å². The first-order valence-electron chi connectivity index (χ1n) is 4.02. The number of hydrogen-bond donors (Lipinski definition) is 0. The van der Waals surface area contributed by atoms with E-state index in [4.69, 9.17) is 12.6 Å². The molecule has 0 amide bonds. The van der Waals surface area contributed by atoms with Gasteiger partial charge in [0.2, 0.25) is 0 Å². The zero-order chi connectivity index (χ0) is 9.84. The van der Waals surface area contributed by atoms with Crippen LogP contribution in [0.25, 0.3) is 0 Å². The van der Waals surface area contributed by atoms with Gasteiger partial charge in [-0.05, 0) is 18.6 Å². The minimum absolute atomic E-state index is 0.0545. The van der Waals surface area contributed by atoms with Gasteiger partial charge >= 0.3 is 0 Å². The highest BCUT2D eigenvalue weighted by atomic mass is 19.1. The molecule has 0 spiro atoms. The lowest BCUT2D eigenvalue weighted by Crippen LogP contribution is -2.08. The Bertz CT molecular complexity index is 279. The third-order valence-electron chi connectivity index (χ3n) is 1.47. The monoisotopic (exact) mass is 182 g/mol. The predicted molar refractivity (Wildman–Crippen MR) is 47.5 cm³/mol. The van der Waals surface area contributed by atoms with Gasteiger partial charge in [-0.15, -0.1) is 0 Å². The van der Waals surface area contributed by atoms with Crippen LogP contribution in [0.15, 0.2) is 12.1 Å². The molecule has 1 rings (SSSR count). The van der Waals surface area contributed by atoms with Crippen LogP contribution in [0.4, 0.5) is 8.78 Å². The Morgan fingerprint density at radius 2 is 1.85 bits per heavy atom. The number of ether oxygens (including phenoxy) is 1. The second-order valence-corrected chi connectivity index (χ2v) is 2.66. The smallest absolute Gasteiger partial charge is 0.190 e. The first-order chi connectivity index (χ1) is 6.15. The van der Waals surface area contributed by atoms with Crippen molar-refractivity contribution in [2.45, 2.75) is 13.3 Å². The first kappa shape index (κ1) is 10.0. The maximum absolute atomic E-state index is 13.0. The summed E-state index contributed by atoms with van der Waals surface area (Å²) in [5, 5.41) is 0. The summed E-state index contributed by atoms with van der Waals surface area (Å²) in [5.74, 6) is -1.87. The first-order valence-corrected chi connectivity index (χ1v) is 4.02. The SMILES string of the molecule is [B]c1cc(F)c(OCCC)c(F)c1. The molecule has 0 N–H and O–H groups in total. The van der Waals surface area contributed by atoms with E-state index in [1.807, 2.05) is 6.92 Å². The Morgan fingerprint density at radius 1 is 1.31 bits per heavy atom. The summed E-state index contributed by atoms with van der Waals surface area (Å²) in [4.78, 5) is 0. The molecule has 0 saturated carbocycles. The third kappa shape index (κ3) is 2.44. The molecule has 68 valence electrons. The molecule has 0 heterocycles. The fourth-order valence-electron chi connectivity index (χ4n) is 0.922. The van der Waals surface area contributed by atoms with Gasteiger partial charge in [-0.3, -0.25) is 0 Å². The Balaban J connectivity index is 2.92. The van der Waals surface area contributed by atoms with Crippen LogP contribution >= 0.6 is 0 Å². The summed E-state index contributed by atoms with van der Waals surface area (Å²) in [5.41, 5.74) is 0.0545. The molecule has 0 bridgehead atoms. The molecule has 0 aliphatic rings. The quantitative estimate of drug-likeness (QED) is 0.644. The highest BCUT2D eigenvalue weighted by Crippen LogP contribution is 2.19. The second-order valence-electron chi connectivity index (χ2n) is 2.66. The standard InChI is InChI=1S/C9H9BF2O/c1-2-3-13-9-7(11)4-6(10)5-8(9)12/h4-5H,2-3H2,1H3. The zero-order valence-electron chi connectivity index (χ0n) is 7.31. The van der Waals surface area contributed by atoms with E-state index >= 15 is 0 Å². The van der Waals surface area contributed by atoms with Crippen molar-refractivity contribution >= 4 is 13.3 Å². The fourth-order valence-corrected chi connectivity index (χ4v) is 0.922. The van der Waals surface area contributed by atoms with Crippen molar-refractivity contribution in [1.82, 2.24) is 0 Å². The third-order valence-corrected chi connectivity index (χ3v) is 1.47. The lowest BCUT2D eigenvalue weighted by molar-refractivity contribution is 0.285. The molecule has 0 aliphatic carbocycles. The van der Waals surface area contributed by atoms with Crippen LogP contribution in [-0.4, -0.2) is 14.5 Å². The normalized spacial score (nSPS) is 10.1. The summed E-state index contributed by atoms with van der Waals surface area (Å²) < 4.78 is 30.8. The number of rotatable bonds is 3. The highest BCUT2D eigenvalue weighted by molar-refractivity contribution is 6.32. The van der Waals surface area contributed by atoms with Gasteiger partial charge in [0, 0.05) is 0 Å². The molecule has 0 saturated heterocycles. The van der Waals surface area contributed by atoms with Gasteiger partial charge in [0.15, 0.2) is 17.4 Å². The van der Waals surface area contributed by atoms with E-state index in [-0.39, 0.29) is 17.8 Å². The van der Waals surface area contributed by atoms with Crippen molar-refractivity contribution in [3.05, 3.63) is 23.8 Å². The number of benzene rings is 1. The van der Waals surface area contributed by atoms with Crippen molar-refractivity contribution in [2.24, 2.45) is 0 Å². The highest BCUT2D eigenvalue weighted by Gasteiger charge is 2.10. The molecule has 1 aromatic rings. The molecule has 0 aliphatic heterocycles. The van der Waals surface area contributed by atoms with E-state index in [1.165, 1.54) is 0 Å². The summed E-state index contributed by atoms with van der Waals surface area (Å²) >= 11 is 0. The molecule has 1 nitrogen and oxygen atoms in total. The predicted octanol–water partition coefficient (Wildman–Crippen LogP) is 1.55. The van der Waals surface area contributed by atoms with Gasteiger partial charge in [0.05, 0.1) is 6.61 Å². The van der Waals surface area contributed by atoms with Gasteiger partial charge in [-0.25, -0.2) is 8.78 Å². The largest absolute Gasteiger partial charge is 0.488 e. The molecule has 0 aromatic heterocycles. The molecular weight excluding hydrogens is 173 g/mol. The number of hydrogen-bond acceptors (Lipinski definition) is 1. The van der Waals surface area contributed by atoms with Crippen LogP contribution in [0.2, 0.25) is 0 Å². The maximum atomic E-state index is 13.0. The van der Waals surface area contributed by atoms with E-state index in [0.29, 0.717) is 6.42 Å². The van der Waals surface area contributed by atoms with Crippen LogP contribution in [0.5, 0.6) is 5.75 Å². The fraction of sp³-hybridized carbons (Fsp3) is 0.333. The average molecular weight is 182 g/mol. The van der Waals surface area contributed by atoms with Crippen molar-refractivity contribution in [2.75, 3.05) is 6.61 Å². The van der Waals surface area contributed by atoms with Crippen molar-refractivity contribution < 1.29 is 13.5 Å². The molecule has 2 radical (unpaired) electrons. The second kappa shape index (κ2) is 4.26. The van der Waals surface area contributed by atoms with Gasteiger partial charge < -0.3 is 4.74 Å². The van der Waals surface area contributed by atoms with E-state index < -0.39 is 11.6 Å². The Hall–Kier alpha value is -1.06. The Kier molecular flexibility index (Phi) is 3.28. The average Bonchev–Trinajstić information content (AvgIpc) is 2.02. The van der Waals surface area contributed by atoms with Crippen LogP contribution in [0.1, 0.15) is 13.3 Å². The zero-order valence-corrected chi connectivity index (χ0v) is 7.31. The molecule has 0 atom stereocenters. The minimum Gasteiger partial charge on any atom is -0.488 e. The molecule has 0 unspecified atom stereocenters. The van der Waals surface area contributed by atoms with E-state index in [9.17, 15) is 8.78 Å². The lowest BCUT2D eigenvalue weighted by Gasteiger charge is -2.07. The van der Waals surface area contributed by atoms with E-state index in [1.54, 1.807) is 0 Å². The van der Waals surface area contributed by atoms with Gasteiger partial charge in [0.25, 0.3) is 0 Å². The topological polar surface area (TPSA) is 9.23 Å². The summed E-state index contributed by atoms with van der Waals surface area (Å²) in [6, 6.07) is 2.07. The van der Waals surface area contributed by atoms with Gasteiger partial charge in [-0.1, -0.05) is 12.4 Å². The van der Waals surface area contributed by atoms with Crippen molar-refractivity contribution in [3.8, 4) is 5.75 Å². The summed E-state index contributed by atoms with van der Waals surface area (Å²) in [6.45, 7) is 2.14. The van der Waals surface area contributed by atoms with Crippen LogP contribution < -0.4 is 10.2 Å². The van der Waals surface area contributed by atoms with Gasteiger partial charge in [0.1, 0.15) is 7.85 Å². The van der Waals surface area contributed by atoms with Gasteiger partial charge in [-0.2, -0.15) is 0 Å². The molecule has 13 heavy (non-hydrogen) atoms. The summed E-state index contributed by atoms with van der Waals surface area (Å²) in [7, 11) is 5.22. The summed E-state index contributed by atoms with van der Waals surface area (Å²) in [6.07, 6.45) is 0.698. The van der Waals surface area contributed by atoms with Crippen LogP contribution in [-0.2, 0) is 0 Å². The van der Waals surface area contributed by atoms with Crippen molar-refractivity contribution in [3.63, 3.8) is 0 Å². The Labute approximate surface area is 77.1 Å². The van der Waals surface area contributed by atoms with Crippen LogP contribution in [0.3, 0.4) is 0 Å². The Morgan fingerprint density at radius 3 is 2.31 bits per heavy atom.